The number of hydrogen-bond acceptors (Lipinski definition) is 5. The molecule has 1 heterocycles. The molecular formula is C9H11BrN2O5S2. The third-order valence-corrected chi connectivity index (χ3v) is 5.68. The maximum absolute atomic E-state index is 11.9. The molecule has 0 aliphatic carbocycles. The zero-order chi connectivity index (χ0) is 14.6. The Labute approximate surface area is 122 Å². The third-order valence-electron chi connectivity index (χ3n) is 2.09. The lowest BCUT2D eigenvalue weighted by Gasteiger charge is -2.12. The van der Waals surface area contributed by atoms with Crippen molar-refractivity contribution in [3.63, 3.8) is 0 Å². The van der Waals surface area contributed by atoms with Gasteiger partial charge in [0.25, 0.3) is 10.0 Å². The smallest absolute Gasteiger partial charge is 0.321 e. The van der Waals surface area contributed by atoms with Crippen LogP contribution in [0.1, 0.15) is 12.8 Å². The van der Waals surface area contributed by atoms with Gasteiger partial charge in [0.05, 0.1) is 3.79 Å². The van der Waals surface area contributed by atoms with Gasteiger partial charge in [-0.15, -0.1) is 11.3 Å². The van der Waals surface area contributed by atoms with Gasteiger partial charge in [-0.3, -0.25) is 9.59 Å². The fourth-order valence-electron chi connectivity index (χ4n) is 1.21. The van der Waals surface area contributed by atoms with Crippen molar-refractivity contribution in [2.45, 2.75) is 23.1 Å². The van der Waals surface area contributed by atoms with E-state index in [2.05, 4.69) is 15.9 Å². The van der Waals surface area contributed by atoms with E-state index in [0.29, 0.717) is 3.79 Å². The Morgan fingerprint density at radius 1 is 1.47 bits per heavy atom. The maximum Gasteiger partial charge on any atom is 0.321 e. The number of rotatable bonds is 7. The minimum atomic E-state index is -3.93. The molecule has 0 aliphatic rings. The van der Waals surface area contributed by atoms with E-state index in [1.54, 1.807) is 6.07 Å². The van der Waals surface area contributed by atoms with Crippen LogP contribution in [0, 0.1) is 0 Å². The summed E-state index contributed by atoms with van der Waals surface area (Å²) in [5, 5.41) is 8.92. The summed E-state index contributed by atoms with van der Waals surface area (Å²) in [6, 6.07) is 1.50. The number of aliphatic carboxylic acids is 1. The Kier molecular flexibility index (Phi) is 5.47. The second-order valence-corrected chi connectivity index (χ2v) is 7.98. The maximum atomic E-state index is 11.9. The predicted molar refractivity (Wildman–Crippen MR) is 72.2 cm³/mol. The zero-order valence-electron chi connectivity index (χ0n) is 9.50. The van der Waals surface area contributed by atoms with E-state index < -0.39 is 27.9 Å². The molecule has 1 atom stereocenters. The second kappa shape index (κ2) is 6.46. The molecule has 10 heteroatoms. The lowest BCUT2D eigenvalue weighted by molar-refractivity contribution is -0.139. The van der Waals surface area contributed by atoms with E-state index in [-0.39, 0.29) is 17.1 Å². The number of primary amides is 1. The summed E-state index contributed by atoms with van der Waals surface area (Å²) in [5.41, 5.74) is 4.91. The molecule has 0 bridgehead atoms. The van der Waals surface area contributed by atoms with Crippen LogP contribution < -0.4 is 10.5 Å². The molecule has 1 rings (SSSR count). The number of carboxylic acid groups (broad SMARTS) is 1. The molecule has 0 spiro atoms. The molecule has 19 heavy (non-hydrogen) atoms. The van der Waals surface area contributed by atoms with Gasteiger partial charge in [-0.2, -0.15) is 4.72 Å². The SMILES string of the molecule is NC(=O)CC[C@@H](NS(=O)(=O)c1ccc(Br)s1)C(=O)O. The molecule has 0 fully saturated rings. The predicted octanol–water partition coefficient (Wildman–Crippen LogP) is 0.508. The average molecular weight is 371 g/mol. The van der Waals surface area contributed by atoms with Crippen molar-refractivity contribution < 1.29 is 23.1 Å². The van der Waals surface area contributed by atoms with Crippen LogP contribution in [0.25, 0.3) is 0 Å². The van der Waals surface area contributed by atoms with Crippen LogP contribution in [0.5, 0.6) is 0 Å². The molecule has 4 N–H and O–H groups in total. The number of thiophene rings is 1. The Bertz CT molecular complexity index is 583. The Morgan fingerprint density at radius 3 is 2.53 bits per heavy atom. The highest BCUT2D eigenvalue weighted by atomic mass is 79.9. The van der Waals surface area contributed by atoms with E-state index >= 15 is 0 Å². The second-order valence-electron chi connectivity index (χ2n) is 3.58. The highest BCUT2D eigenvalue weighted by Gasteiger charge is 2.26. The van der Waals surface area contributed by atoms with E-state index in [0.717, 1.165) is 11.3 Å². The van der Waals surface area contributed by atoms with Gasteiger partial charge in [-0.1, -0.05) is 0 Å². The summed E-state index contributed by atoms with van der Waals surface area (Å²) in [5.74, 6) is -2.05. The molecule has 7 nitrogen and oxygen atoms in total. The van der Waals surface area contributed by atoms with Gasteiger partial charge >= 0.3 is 5.97 Å². The topological polar surface area (TPSA) is 127 Å². The van der Waals surface area contributed by atoms with Crippen molar-refractivity contribution in [1.82, 2.24) is 4.72 Å². The fraction of sp³-hybridized carbons (Fsp3) is 0.333. The molecular weight excluding hydrogens is 360 g/mol. The number of amides is 1. The molecule has 0 saturated heterocycles. The summed E-state index contributed by atoms with van der Waals surface area (Å²) in [6.07, 6.45) is -0.413. The van der Waals surface area contributed by atoms with Gasteiger partial charge in [-0.05, 0) is 34.5 Å². The van der Waals surface area contributed by atoms with E-state index in [9.17, 15) is 18.0 Å². The van der Waals surface area contributed by atoms with Crippen molar-refractivity contribution in [3.05, 3.63) is 15.9 Å². The molecule has 0 aliphatic heterocycles. The van der Waals surface area contributed by atoms with Gasteiger partial charge < -0.3 is 10.8 Å². The third kappa shape index (κ3) is 4.90. The number of carboxylic acids is 1. The highest BCUT2D eigenvalue weighted by molar-refractivity contribution is 9.11. The average Bonchev–Trinajstić information content (AvgIpc) is 2.71. The van der Waals surface area contributed by atoms with Crippen molar-refractivity contribution in [2.24, 2.45) is 5.73 Å². The first-order valence-corrected chi connectivity index (χ1v) is 8.10. The molecule has 0 aromatic carbocycles. The monoisotopic (exact) mass is 370 g/mol. The number of carbonyl (C=O) groups is 2. The van der Waals surface area contributed by atoms with Crippen molar-refractivity contribution in [3.8, 4) is 0 Å². The fourth-order valence-corrected chi connectivity index (χ4v) is 4.46. The highest BCUT2D eigenvalue weighted by Crippen LogP contribution is 2.26. The van der Waals surface area contributed by atoms with Crippen LogP contribution in [0.3, 0.4) is 0 Å². The van der Waals surface area contributed by atoms with Gasteiger partial charge in [-0.25, -0.2) is 8.42 Å². The number of sulfonamides is 1. The summed E-state index contributed by atoms with van der Waals surface area (Å²) in [7, 11) is -3.93. The van der Waals surface area contributed by atoms with Crippen molar-refractivity contribution in [2.75, 3.05) is 0 Å². The minimum absolute atomic E-state index is 0.00954. The summed E-state index contributed by atoms with van der Waals surface area (Å²) in [4.78, 5) is 21.6. The van der Waals surface area contributed by atoms with Crippen molar-refractivity contribution in [1.29, 1.82) is 0 Å². The quantitative estimate of drug-likeness (QED) is 0.644. The van der Waals surface area contributed by atoms with Crippen LogP contribution in [-0.4, -0.2) is 31.4 Å². The summed E-state index contributed by atoms with van der Waals surface area (Å²) >= 11 is 4.07. The number of carbonyl (C=O) groups excluding carboxylic acids is 1. The van der Waals surface area contributed by atoms with Gasteiger partial charge in [0.1, 0.15) is 10.3 Å². The van der Waals surface area contributed by atoms with E-state index in [1.807, 2.05) is 4.72 Å². The number of nitrogens with one attached hydrogen (secondary N) is 1. The Morgan fingerprint density at radius 2 is 2.11 bits per heavy atom. The normalized spacial score (nSPS) is 13.1. The first-order chi connectivity index (χ1) is 8.72. The Hall–Kier alpha value is -0.970. The van der Waals surface area contributed by atoms with Gasteiger partial charge in [0.15, 0.2) is 0 Å². The van der Waals surface area contributed by atoms with Crippen LogP contribution >= 0.6 is 27.3 Å². The molecule has 1 aromatic rings. The Balaban J connectivity index is 2.84. The van der Waals surface area contributed by atoms with E-state index in [1.165, 1.54) is 6.07 Å². The van der Waals surface area contributed by atoms with Gasteiger partial charge in [0.2, 0.25) is 5.91 Å². The van der Waals surface area contributed by atoms with Crippen LogP contribution in [0.15, 0.2) is 20.1 Å². The molecule has 0 radical (unpaired) electrons. The molecule has 0 unspecified atom stereocenters. The first-order valence-electron chi connectivity index (χ1n) is 5.01. The standard InChI is InChI=1S/C9H11BrN2O5S2/c10-6-2-4-8(18-6)19(16,17)12-5(9(14)15)1-3-7(11)13/h2,4-5,12H,1,3H2,(H2,11,13)(H,14,15)/t5-/m1/s1. The molecule has 106 valence electrons. The largest absolute Gasteiger partial charge is 0.480 e. The molecule has 0 saturated carbocycles. The van der Waals surface area contributed by atoms with Crippen molar-refractivity contribution >= 4 is 49.2 Å². The van der Waals surface area contributed by atoms with Gasteiger partial charge in [0, 0.05) is 6.42 Å². The lowest BCUT2D eigenvalue weighted by atomic mass is 10.2. The number of nitrogens with two attached hydrogens (primary N) is 1. The van der Waals surface area contributed by atoms with E-state index in [4.69, 9.17) is 10.8 Å². The van der Waals surface area contributed by atoms with Crippen LogP contribution in [0.4, 0.5) is 0 Å². The zero-order valence-corrected chi connectivity index (χ0v) is 12.7. The first kappa shape index (κ1) is 16.1. The van der Waals surface area contributed by atoms with Crippen LogP contribution in [0.2, 0.25) is 0 Å². The minimum Gasteiger partial charge on any atom is -0.480 e. The van der Waals surface area contributed by atoms with Crippen LogP contribution in [-0.2, 0) is 19.6 Å². The molecule has 1 amide bonds. The number of hydrogen-bond donors (Lipinski definition) is 3. The summed E-state index contributed by atoms with van der Waals surface area (Å²) in [6.45, 7) is 0. The summed E-state index contributed by atoms with van der Waals surface area (Å²) < 4.78 is 26.4. The number of halogens is 1. The lowest BCUT2D eigenvalue weighted by Crippen LogP contribution is -2.41. The molecule has 1 aromatic heterocycles.